The Hall–Kier alpha value is -1.41. The molecule has 1 heterocycles. The third kappa shape index (κ3) is 1.60. The maximum Gasteiger partial charge on any atom is 0.355 e. The van der Waals surface area contributed by atoms with Crippen molar-refractivity contribution in [1.29, 1.82) is 5.26 Å². The van der Waals surface area contributed by atoms with Crippen LogP contribution in [0.3, 0.4) is 0 Å². The average molecular weight is 182 g/mol. The summed E-state index contributed by atoms with van der Waals surface area (Å²) in [5.41, 5.74) is 0.0604. The Balaban J connectivity index is 3.02. The molecule has 0 saturated heterocycles. The van der Waals surface area contributed by atoms with Crippen molar-refractivity contribution in [3.63, 3.8) is 0 Å². The number of thiazole rings is 1. The van der Waals surface area contributed by atoms with Gasteiger partial charge in [0.05, 0.1) is 12.5 Å². The van der Waals surface area contributed by atoms with E-state index in [9.17, 15) is 4.79 Å². The lowest BCUT2D eigenvalue weighted by atomic mass is 10.4. The van der Waals surface area contributed by atoms with E-state index in [1.165, 1.54) is 11.3 Å². The topological polar surface area (TPSA) is 74.0 Å². The number of rotatable bonds is 2. The second-order valence-electron chi connectivity index (χ2n) is 2.15. The molecule has 0 radical (unpaired) electrons. The van der Waals surface area contributed by atoms with Gasteiger partial charge in [-0.2, -0.15) is 5.26 Å². The van der Waals surface area contributed by atoms with Gasteiger partial charge in [0, 0.05) is 4.88 Å². The van der Waals surface area contributed by atoms with Crippen LogP contribution in [-0.2, 0) is 6.42 Å². The highest BCUT2D eigenvalue weighted by Gasteiger charge is 2.13. The van der Waals surface area contributed by atoms with Crippen LogP contribution in [0.5, 0.6) is 0 Å². The van der Waals surface area contributed by atoms with E-state index >= 15 is 0 Å². The van der Waals surface area contributed by atoms with Crippen molar-refractivity contribution in [2.75, 3.05) is 0 Å². The molecule has 1 N–H and O–H groups in total. The minimum absolute atomic E-state index is 0.0604. The van der Waals surface area contributed by atoms with E-state index in [0.29, 0.717) is 9.88 Å². The van der Waals surface area contributed by atoms with Crippen LogP contribution in [0.25, 0.3) is 0 Å². The van der Waals surface area contributed by atoms with Gasteiger partial charge < -0.3 is 5.11 Å². The van der Waals surface area contributed by atoms with Crippen molar-refractivity contribution in [2.45, 2.75) is 13.3 Å². The van der Waals surface area contributed by atoms with Gasteiger partial charge in [0.1, 0.15) is 5.01 Å². The summed E-state index contributed by atoms with van der Waals surface area (Å²) in [6, 6.07) is 1.92. The van der Waals surface area contributed by atoms with Crippen molar-refractivity contribution in [2.24, 2.45) is 0 Å². The Bertz CT molecular complexity index is 351. The largest absolute Gasteiger partial charge is 0.476 e. The number of aryl methyl sites for hydroxylation is 1. The summed E-state index contributed by atoms with van der Waals surface area (Å²) in [5, 5.41) is 17.5. The second kappa shape index (κ2) is 3.32. The first-order chi connectivity index (χ1) is 5.65. The number of hydrogen-bond donors (Lipinski definition) is 1. The molecule has 1 rings (SSSR count). The van der Waals surface area contributed by atoms with Crippen LogP contribution >= 0.6 is 11.3 Å². The normalized spacial score (nSPS) is 9.33. The van der Waals surface area contributed by atoms with Gasteiger partial charge in [-0.3, -0.25) is 0 Å². The molecule has 12 heavy (non-hydrogen) atoms. The van der Waals surface area contributed by atoms with Gasteiger partial charge >= 0.3 is 5.97 Å². The molecule has 5 heteroatoms. The summed E-state index contributed by atoms with van der Waals surface area (Å²) in [7, 11) is 0. The van der Waals surface area contributed by atoms with E-state index in [-0.39, 0.29) is 12.1 Å². The van der Waals surface area contributed by atoms with Crippen LogP contribution in [0.15, 0.2) is 0 Å². The van der Waals surface area contributed by atoms with Crippen LogP contribution in [0, 0.1) is 18.3 Å². The number of carboxylic acids is 1. The smallest absolute Gasteiger partial charge is 0.355 e. The number of carboxylic acid groups (broad SMARTS) is 1. The van der Waals surface area contributed by atoms with Crippen LogP contribution in [0.4, 0.5) is 0 Å². The molecule has 0 aromatic carbocycles. The summed E-state index contributed by atoms with van der Waals surface area (Å²) >= 11 is 1.25. The van der Waals surface area contributed by atoms with E-state index in [1.807, 2.05) is 6.07 Å². The molecule has 62 valence electrons. The number of hydrogen-bond acceptors (Lipinski definition) is 4. The standard InChI is InChI=1S/C7H6N2O2S/c1-4-6(7(10)11)9-5(12-4)2-3-8/h2H2,1H3,(H,10,11). The zero-order chi connectivity index (χ0) is 9.14. The van der Waals surface area contributed by atoms with E-state index < -0.39 is 5.97 Å². The van der Waals surface area contributed by atoms with E-state index in [0.717, 1.165) is 0 Å². The molecule has 4 nitrogen and oxygen atoms in total. The van der Waals surface area contributed by atoms with Gasteiger partial charge in [-0.05, 0) is 6.92 Å². The van der Waals surface area contributed by atoms with Gasteiger partial charge in [-0.1, -0.05) is 0 Å². The van der Waals surface area contributed by atoms with E-state index in [4.69, 9.17) is 10.4 Å². The molecule has 0 amide bonds. The zero-order valence-corrected chi connectivity index (χ0v) is 7.18. The van der Waals surface area contributed by atoms with Crippen LogP contribution in [-0.4, -0.2) is 16.1 Å². The molecule has 0 bridgehead atoms. The van der Waals surface area contributed by atoms with Gasteiger partial charge in [-0.25, -0.2) is 9.78 Å². The molecule has 0 aliphatic carbocycles. The van der Waals surface area contributed by atoms with Gasteiger partial charge in [0.15, 0.2) is 5.69 Å². The molecule has 1 aromatic heterocycles. The molecule has 0 aliphatic rings. The lowest BCUT2D eigenvalue weighted by molar-refractivity contribution is 0.0690. The maximum absolute atomic E-state index is 10.5. The molecule has 0 unspecified atom stereocenters. The molecule has 0 spiro atoms. The number of nitriles is 1. The third-order valence-corrected chi connectivity index (χ3v) is 2.24. The maximum atomic E-state index is 10.5. The second-order valence-corrected chi connectivity index (χ2v) is 3.44. The average Bonchev–Trinajstić information content (AvgIpc) is 2.32. The molecule has 0 aliphatic heterocycles. The van der Waals surface area contributed by atoms with Crippen LogP contribution < -0.4 is 0 Å². The van der Waals surface area contributed by atoms with Crippen molar-refractivity contribution >= 4 is 17.3 Å². The molecular formula is C7H6N2O2S. The fourth-order valence-corrected chi connectivity index (χ4v) is 1.65. The number of nitrogens with zero attached hydrogens (tertiary/aromatic N) is 2. The Kier molecular flexibility index (Phi) is 2.41. The summed E-state index contributed by atoms with van der Waals surface area (Å²) < 4.78 is 0. The first-order valence-electron chi connectivity index (χ1n) is 3.21. The summed E-state index contributed by atoms with van der Waals surface area (Å²) in [4.78, 5) is 14.9. The molecule has 1 aromatic rings. The Morgan fingerprint density at radius 2 is 2.50 bits per heavy atom. The molecular weight excluding hydrogens is 176 g/mol. The lowest BCUT2D eigenvalue weighted by Gasteiger charge is -1.84. The Morgan fingerprint density at radius 3 is 2.92 bits per heavy atom. The fourth-order valence-electron chi connectivity index (χ4n) is 0.793. The van der Waals surface area contributed by atoms with Gasteiger partial charge in [0.2, 0.25) is 0 Å². The fraction of sp³-hybridized carbons (Fsp3) is 0.286. The van der Waals surface area contributed by atoms with E-state index in [1.54, 1.807) is 6.92 Å². The minimum Gasteiger partial charge on any atom is -0.476 e. The zero-order valence-electron chi connectivity index (χ0n) is 6.37. The first kappa shape index (κ1) is 8.68. The van der Waals surface area contributed by atoms with Crippen molar-refractivity contribution in [3.8, 4) is 6.07 Å². The lowest BCUT2D eigenvalue weighted by Crippen LogP contribution is -1.98. The quantitative estimate of drug-likeness (QED) is 0.746. The highest BCUT2D eigenvalue weighted by Crippen LogP contribution is 2.17. The van der Waals surface area contributed by atoms with Crippen LogP contribution in [0.1, 0.15) is 20.4 Å². The van der Waals surface area contributed by atoms with Gasteiger partial charge in [0.25, 0.3) is 0 Å². The van der Waals surface area contributed by atoms with Gasteiger partial charge in [-0.15, -0.1) is 11.3 Å². The summed E-state index contributed by atoms with van der Waals surface area (Å²) in [6.07, 6.45) is 0.179. The summed E-state index contributed by atoms with van der Waals surface area (Å²) in [6.45, 7) is 1.68. The first-order valence-corrected chi connectivity index (χ1v) is 4.03. The van der Waals surface area contributed by atoms with Crippen LogP contribution in [0.2, 0.25) is 0 Å². The number of aromatic nitrogens is 1. The third-order valence-electron chi connectivity index (χ3n) is 1.27. The highest BCUT2D eigenvalue weighted by molar-refractivity contribution is 7.11. The SMILES string of the molecule is Cc1sc(CC#N)nc1C(=O)O. The van der Waals surface area contributed by atoms with Crippen molar-refractivity contribution < 1.29 is 9.90 Å². The Labute approximate surface area is 73.1 Å². The molecule has 0 atom stereocenters. The number of carbonyl (C=O) groups is 1. The Morgan fingerprint density at radius 1 is 1.83 bits per heavy atom. The highest BCUT2D eigenvalue weighted by atomic mass is 32.1. The van der Waals surface area contributed by atoms with Crippen molar-refractivity contribution in [3.05, 3.63) is 15.6 Å². The summed E-state index contributed by atoms with van der Waals surface area (Å²) in [5.74, 6) is -1.03. The molecule has 0 fully saturated rings. The van der Waals surface area contributed by atoms with E-state index in [2.05, 4.69) is 4.98 Å². The minimum atomic E-state index is -1.03. The van der Waals surface area contributed by atoms with Crippen molar-refractivity contribution in [1.82, 2.24) is 4.98 Å². The predicted molar refractivity (Wildman–Crippen MR) is 43.1 cm³/mol. The monoisotopic (exact) mass is 182 g/mol. The number of aromatic carboxylic acids is 1. The molecule has 0 saturated carbocycles. The predicted octanol–water partition coefficient (Wildman–Crippen LogP) is 1.22.